The Morgan fingerprint density at radius 3 is 2.93 bits per heavy atom. The first-order valence-corrected chi connectivity index (χ1v) is 5.85. The molecule has 1 atom stereocenters. The van der Waals surface area contributed by atoms with Gasteiger partial charge >= 0.3 is 0 Å². The van der Waals surface area contributed by atoms with E-state index in [1.54, 1.807) is 7.11 Å². The van der Waals surface area contributed by atoms with Crippen LogP contribution < -0.4 is 5.73 Å². The Bertz CT molecular complexity index is 204. The van der Waals surface area contributed by atoms with Crippen LogP contribution in [0.5, 0.6) is 0 Å². The van der Waals surface area contributed by atoms with Gasteiger partial charge in [0.15, 0.2) is 0 Å². The lowest BCUT2D eigenvalue weighted by Crippen LogP contribution is -2.33. The fourth-order valence-electron chi connectivity index (χ4n) is 2.05. The largest absolute Gasteiger partial charge is 0.380 e. The number of ether oxygens (including phenoxy) is 1. The first-order valence-electron chi connectivity index (χ1n) is 5.85. The molecule has 3 heteroatoms. The molecule has 3 nitrogen and oxygen atoms in total. The van der Waals surface area contributed by atoms with Crippen LogP contribution in [0.4, 0.5) is 0 Å². The molecule has 15 heavy (non-hydrogen) atoms. The van der Waals surface area contributed by atoms with Gasteiger partial charge in [0.25, 0.3) is 0 Å². The standard InChI is InChI=1S/C12H24N2O/c1-11(3-6-13)9-14-7-4-12(5-8-14)10-15-2/h4,11H,3,5-10,13H2,1-2H3. The highest BCUT2D eigenvalue weighted by molar-refractivity contribution is 5.07. The summed E-state index contributed by atoms with van der Waals surface area (Å²) in [5.41, 5.74) is 6.99. The quantitative estimate of drug-likeness (QED) is 0.673. The van der Waals surface area contributed by atoms with Crippen molar-refractivity contribution in [3.8, 4) is 0 Å². The third-order valence-electron chi connectivity index (χ3n) is 2.95. The molecule has 0 bridgehead atoms. The third-order valence-corrected chi connectivity index (χ3v) is 2.95. The summed E-state index contributed by atoms with van der Waals surface area (Å²) in [5, 5.41) is 0. The molecule has 2 N–H and O–H groups in total. The van der Waals surface area contributed by atoms with E-state index in [0.29, 0.717) is 5.92 Å². The van der Waals surface area contributed by atoms with Crippen LogP contribution in [0.3, 0.4) is 0 Å². The van der Waals surface area contributed by atoms with Gasteiger partial charge in [-0.3, -0.25) is 4.90 Å². The Hall–Kier alpha value is -0.380. The molecule has 0 aromatic carbocycles. The van der Waals surface area contributed by atoms with Crippen molar-refractivity contribution in [3.05, 3.63) is 11.6 Å². The van der Waals surface area contributed by atoms with E-state index in [9.17, 15) is 0 Å². The normalized spacial score (nSPS) is 20.1. The fourth-order valence-corrected chi connectivity index (χ4v) is 2.05. The fraction of sp³-hybridized carbons (Fsp3) is 0.833. The Morgan fingerprint density at radius 1 is 1.60 bits per heavy atom. The first-order chi connectivity index (χ1) is 7.26. The highest BCUT2D eigenvalue weighted by Gasteiger charge is 2.13. The summed E-state index contributed by atoms with van der Waals surface area (Å²) in [7, 11) is 1.76. The zero-order chi connectivity index (χ0) is 11.1. The monoisotopic (exact) mass is 212 g/mol. The molecule has 0 saturated carbocycles. The maximum atomic E-state index is 5.55. The second kappa shape index (κ2) is 6.99. The zero-order valence-electron chi connectivity index (χ0n) is 10.0. The summed E-state index contributed by atoms with van der Waals surface area (Å²) in [6, 6.07) is 0. The highest BCUT2D eigenvalue weighted by Crippen LogP contribution is 2.13. The first kappa shape index (κ1) is 12.7. The summed E-state index contributed by atoms with van der Waals surface area (Å²) in [6.07, 6.45) is 4.59. The minimum Gasteiger partial charge on any atom is -0.380 e. The molecule has 1 aliphatic rings. The molecule has 0 aromatic heterocycles. The van der Waals surface area contributed by atoms with Crippen molar-refractivity contribution in [1.82, 2.24) is 4.90 Å². The van der Waals surface area contributed by atoms with Gasteiger partial charge in [-0.25, -0.2) is 0 Å². The number of hydrogen-bond donors (Lipinski definition) is 1. The summed E-state index contributed by atoms with van der Waals surface area (Å²) in [4.78, 5) is 2.50. The number of nitrogens with zero attached hydrogens (tertiary/aromatic N) is 1. The predicted molar refractivity (Wildman–Crippen MR) is 63.9 cm³/mol. The van der Waals surface area contributed by atoms with Crippen molar-refractivity contribution in [2.24, 2.45) is 11.7 Å². The smallest absolute Gasteiger partial charge is 0.0673 e. The van der Waals surface area contributed by atoms with Crippen LogP contribution in [0.25, 0.3) is 0 Å². The van der Waals surface area contributed by atoms with Gasteiger partial charge in [-0.2, -0.15) is 0 Å². The van der Waals surface area contributed by atoms with Crippen molar-refractivity contribution >= 4 is 0 Å². The van der Waals surface area contributed by atoms with Crippen LogP contribution in [0.2, 0.25) is 0 Å². The zero-order valence-corrected chi connectivity index (χ0v) is 10.0. The second-order valence-corrected chi connectivity index (χ2v) is 4.49. The molecule has 1 aliphatic heterocycles. The van der Waals surface area contributed by atoms with Gasteiger partial charge in [-0.1, -0.05) is 13.0 Å². The van der Waals surface area contributed by atoms with Gasteiger partial charge in [0.2, 0.25) is 0 Å². The van der Waals surface area contributed by atoms with Crippen molar-refractivity contribution in [2.45, 2.75) is 19.8 Å². The van der Waals surface area contributed by atoms with E-state index < -0.39 is 0 Å². The molecule has 1 heterocycles. The van der Waals surface area contributed by atoms with Crippen molar-refractivity contribution < 1.29 is 4.74 Å². The summed E-state index contributed by atoms with van der Waals surface area (Å²) in [5.74, 6) is 0.715. The van der Waals surface area contributed by atoms with Crippen LogP contribution in [-0.4, -0.2) is 44.8 Å². The van der Waals surface area contributed by atoms with Gasteiger partial charge in [-0.15, -0.1) is 0 Å². The summed E-state index contributed by atoms with van der Waals surface area (Å²) < 4.78 is 5.13. The van der Waals surface area contributed by atoms with Crippen LogP contribution in [0, 0.1) is 5.92 Å². The molecule has 0 spiro atoms. The molecule has 0 amide bonds. The maximum absolute atomic E-state index is 5.55. The van der Waals surface area contributed by atoms with E-state index in [1.165, 1.54) is 18.7 Å². The maximum Gasteiger partial charge on any atom is 0.0673 e. The molecule has 1 rings (SSSR count). The van der Waals surface area contributed by atoms with E-state index in [-0.39, 0.29) is 0 Å². The minimum atomic E-state index is 0.715. The van der Waals surface area contributed by atoms with Crippen LogP contribution in [0.15, 0.2) is 11.6 Å². The average Bonchev–Trinajstić information content (AvgIpc) is 2.22. The van der Waals surface area contributed by atoms with Gasteiger partial charge in [0, 0.05) is 26.7 Å². The van der Waals surface area contributed by atoms with Crippen molar-refractivity contribution in [2.75, 3.05) is 39.9 Å². The lowest BCUT2D eigenvalue weighted by Gasteiger charge is -2.28. The van der Waals surface area contributed by atoms with Gasteiger partial charge in [0.1, 0.15) is 0 Å². The summed E-state index contributed by atoms with van der Waals surface area (Å²) in [6.45, 7) is 7.30. The average molecular weight is 212 g/mol. The molecule has 0 radical (unpaired) electrons. The number of nitrogens with two attached hydrogens (primary N) is 1. The molecule has 0 fully saturated rings. The van der Waals surface area contributed by atoms with Crippen LogP contribution in [0.1, 0.15) is 19.8 Å². The molecule has 0 saturated heterocycles. The lowest BCUT2D eigenvalue weighted by atomic mass is 10.0. The van der Waals surface area contributed by atoms with Gasteiger partial charge < -0.3 is 10.5 Å². The topological polar surface area (TPSA) is 38.5 Å². The van der Waals surface area contributed by atoms with E-state index in [4.69, 9.17) is 10.5 Å². The third kappa shape index (κ3) is 4.78. The van der Waals surface area contributed by atoms with Crippen molar-refractivity contribution in [3.63, 3.8) is 0 Å². The van der Waals surface area contributed by atoms with E-state index >= 15 is 0 Å². The molecule has 88 valence electrons. The highest BCUT2D eigenvalue weighted by atomic mass is 16.5. The van der Waals surface area contributed by atoms with E-state index in [0.717, 1.165) is 32.5 Å². The SMILES string of the molecule is COCC1=CCN(CC(C)CCN)CC1. The molecular weight excluding hydrogens is 188 g/mol. The Labute approximate surface area is 93.3 Å². The molecule has 1 unspecified atom stereocenters. The van der Waals surface area contributed by atoms with Gasteiger partial charge in [-0.05, 0) is 30.9 Å². The second-order valence-electron chi connectivity index (χ2n) is 4.49. The Morgan fingerprint density at radius 2 is 2.40 bits per heavy atom. The summed E-state index contributed by atoms with van der Waals surface area (Å²) >= 11 is 0. The number of methoxy groups -OCH3 is 1. The minimum absolute atomic E-state index is 0.715. The number of hydrogen-bond acceptors (Lipinski definition) is 3. The van der Waals surface area contributed by atoms with Crippen LogP contribution >= 0.6 is 0 Å². The van der Waals surface area contributed by atoms with Crippen LogP contribution in [-0.2, 0) is 4.74 Å². The molecule has 0 aliphatic carbocycles. The van der Waals surface area contributed by atoms with E-state index in [2.05, 4.69) is 17.9 Å². The molecular formula is C12H24N2O. The lowest BCUT2D eigenvalue weighted by molar-refractivity contribution is 0.205. The van der Waals surface area contributed by atoms with Gasteiger partial charge in [0.05, 0.1) is 6.61 Å². The predicted octanol–water partition coefficient (Wildman–Crippen LogP) is 1.25. The Kier molecular flexibility index (Phi) is 5.91. The van der Waals surface area contributed by atoms with Crippen molar-refractivity contribution in [1.29, 1.82) is 0 Å². The Balaban J connectivity index is 2.24. The van der Waals surface area contributed by atoms with E-state index in [1.807, 2.05) is 0 Å². The molecule has 0 aromatic rings. The number of rotatable bonds is 6.